The standard InChI is InChI=1S/C15H24O6/c1-3-4-5-6-7-8-9-21-13(16)10-12(15(19)20)11(2)14(17)18/h12H,2-10H2,1H3,(H,17,18)(H,19,20). The number of hydrogen-bond donors (Lipinski definition) is 2. The van der Waals surface area contributed by atoms with Crippen LogP contribution in [0.1, 0.15) is 51.9 Å². The number of esters is 1. The van der Waals surface area contributed by atoms with Crippen molar-refractivity contribution in [2.45, 2.75) is 51.9 Å². The van der Waals surface area contributed by atoms with E-state index >= 15 is 0 Å². The molecule has 0 rings (SSSR count). The minimum absolute atomic E-state index is 0.233. The summed E-state index contributed by atoms with van der Waals surface area (Å²) in [5.41, 5.74) is -0.515. The third-order valence-corrected chi connectivity index (χ3v) is 3.13. The van der Waals surface area contributed by atoms with Crippen molar-refractivity contribution in [1.29, 1.82) is 0 Å². The van der Waals surface area contributed by atoms with Gasteiger partial charge in [-0.1, -0.05) is 45.6 Å². The van der Waals surface area contributed by atoms with Crippen molar-refractivity contribution in [3.05, 3.63) is 12.2 Å². The van der Waals surface area contributed by atoms with Crippen LogP contribution in [-0.2, 0) is 19.1 Å². The van der Waals surface area contributed by atoms with E-state index in [1.54, 1.807) is 0 Å². The quantitative estimate of drug-likeness (QED) is 0.326. The number of carboxylic acids is 2. The molecule has 0 saturated heterocycles. The molecule has 0 aliphatic heterocycles. The Morgan fingerprint density at radius 3 is 2.14 bits per heavy atom. The molecule has 0 aromatic heterocycles. The smallest absolute Gasteiger partial charge is 0.331 e. The number of ether oxygens (including phenoxy) is 1. The van der Waals surface area contributed by atoms with Crippen LogP contribution in [0.5, 0.6) is 0 Å². The van der Waals surface area contributed by atoms with Crippen molar-refractivity contribution in [3.63, 3.8) is 0 Å². The van der Waals surface area contributed by atoms with E-state index in [0.717, 1.165) is 25.7 Å². The number of carboxylic acid groups (broad SMARTS) is 2. The molecule has 0 aromatic carbocycles. The number of hydrogen-bond acceptors (Lipinski definition) is 4. The second-order valence-corrected chi connectivity index (χ2v) is 4.91. The van der Waals surface area contributed by atoms with Crippen LogP contribution < -0.4 is 0 Å². The molecule has 0 aliphatic carbocycles. The van der Waals surface area contributed by atoms with Gasteiger partial charge in [0.2, 0.25) is 0 Å². The third kappa shape index (κ3) is 8.83. The van der Waals surface area contributed by atoms with E-state index in [0.29, 0.717) is 0 Å². The van der Waals surface area contributed by atoms with Crippen molar-refractivity contribution in [2.24, 2.45) is 5.92 Å². The van der Waals surface area contributed by atoms with E-state index in [1.165, 1.54) is 12.8 Å². The zero-order chi connectivity index (χ0) is 16.3. The molecular weight excluding hydrogens is 276 g/mol. The Hall–Kier alpha value is -1.85. The highest BCUT2D eigenvalue weighted by molar-refractivity contribution is 5.95. The lowest BCUT2D eigenvalue weighted by molar-refractivity contribution is -0.151. The van der Waals surface area contributed by atoms with Crippen LogP contribution in [0.2, 0.25) is 0 Å². The Kier molecular flexibility index (Phi) is 9.92. The summed E-state index contributed by atoms with van der Waals surface area (Å²) in [6, 6.07) is 0. The van der Waals surface area contributed by atoms with Gasteiger partial charge in [0.05, 0.1) is 18.9 Å². The molecule has 6 heteroatoms. The van der Waals surface area contributed by atoms with Gasteiger partial charge in [0.1, 0.15) is 0 Å². The summed E-state index contributed by atoms with van der Waals surface area (Å²) in [5.74, 6) is -4.97. The van der Waals surface area contributed by atoms with E-state index in [4.69, 9.17) is 14.9 Å². The molecule has 0 radical (unpaired) electrons. The van der Waals surface area contributed by atoms with E-state index in [-0.39, 0.29) is 6.61 Å². The molecule has 0 heterocycles. The Balaban J connectivity index is 3.97. The molecule has 2 N–H and O–H groups in total. The van der Waals surface area contributed by atoms with Crippen molar-refractivity contribution in [3.8, 4) is 0 Å². The van der Waals surface area contributed by atoms with Gasteiger partial charge in [0.15, 0.2) is 0 Å². The number of unbranched alkanes of at least 4 members (excludes halogenated alkanes) is 5. The van der Waals surface area contributed by atoms with Gasteiger partial charge < -0.3 is 14.9 Å². The molecule has 21 heavy (non-hydrogen) atoms. The lowest BCUT2D eigenvalue weighted by Crippen LogP contribution is -2.24. The molecule has 1 unspecified atom stereocenters. The molecule has 0 aliphatic rings. The lowest BCUT2D eigenvalue weighted by atomic mass is 9.97. The first-order chi connectivity index (χ1) is 9.90. The first kappa shape index (κ1) is 19.1. The number of carbonyl (C=O) groups is 3. The summed E-state index contributed by atoms with van der Waals surface area (Å²) in [5, 5.41) is 17.6. The van der Waals surface area contributed by atoms with Gasteiger partial charge in [-0.25, -0.2) is 4.79 Å². The van der Waals surface area contributed by atoms with Gasteiger partial charge in [-0.3, -0.25) is 9.59 Å². The molecule has 0 spiro atoms. The summed E-state index contributed by atoms with van der Waals surface area (Å²) < 4.78 is 4.92. The fourth-order valence-corrected chi connectivity index (χ4v) is 1.80. The van der Waals surface area contributed by atoms with Crippen molar-refractivity contribution >= 4 is 17.9 Å². The van der Waals surface area contributed by atoms with Gasteiger partial charge in [0.25, 0.3) is 0 Å². The second kappa shape index (κ2) is 10.9. The largest absolute Gasteiger partial charge is 0.481 e. The predicted molar refractivity (Wildman–Crippen MR) is 76.9 cm³/mol. The first-order valence-corrected chi connectivity index (χ1v) is 7.20. The van der Waals surface area contributed by atoms with Crippen LogP contribution in [0.4, 0.5) is 0 Å². The SMILES string of the molecule is C=C(C(=O)O)C(CC(=O)OCCCCCCCC)C(=O)O. The molecule has 1 atom stereocenters. The predicted octanol–water partition coefficient (Wildman–Crippen LogP) is 2.62. The minimum Gasteiger partial charge on any atom is -0.481 e. The highest BCUT2D eigenvalue weighted by Crippen LogP contribution is 2.15. The Bertz CT molecular complexity index is 374. The second-order valence-electron chi connectivity index (χ2n) is 4.91. The summed E-state index contributed by atoms with van der Waals surface area (Å²) in [7, 11) is 0. The van der Waals surface area contributed by atoms with Crippen LogP contribution in [-0.4, -0.2) is 34.7 Å². The van der Waals surface area contributed by atoms with E-state index in [2.05, 4.69) is 13.5 Å². The van der Waals surface area contributed by atoms with Crippen molar-refractivity contribution in [2.75, 3.05) is 6.61 Å². The lowest BCUT2D eigenvalue weighted by Gasteiger charge is -2.11. The number of carbonyl (C=O) groups excluding carboxylic acids is 1. The fourth-order valence-electron chi connectivity index (χ4n) is 1.80. The Morgan fingerprint density at radius 1 is 1.05 bits per heavy atom. The first-order valence-electron chi connectivity index (χ1n) is 7.20. The van der Waals surface area contributed by atoms with E-state index in [1.807, 2.05) is 0 Å². The normalized spacial score (nSPS) is 11.7. The zero-order valence-electron chi connectivity index (χ0n) is 12.5. The molecule has 0 fully saturated rings. The molecule has 0 bridgehead atoms. The number of rotatable bonds is 12. The average molecular weight is 300 g/mol. The van der Waals surface area contributed by atoms with Crippen LogP contribution in [0.3, 0.4) is 0 Å². The molecule has 0 aromatic rings. The van der Waals surface area contributed by atoms with Crippen molar-refractivity contribution in [1.82, 2.24) is 0 Å². The van der Waals surface area contributed by atoms with Crippen LogP contribution in [0, 0.1) is 5.92 Å². The van der Waals surface area contributed by atoms with Crippen LogP contribution in [0.25, 0.3) is 0 Å². The summed E-state index contributed by atoms with van der Waals surface area (Å²) in [4.78, 5) is 33.1. The molecule has 0 saturated carbocycles. The monoisotopic (exact) mass is 300 g/mol. The van der Waals surface area contributed by atoms with E-state index in [9.17, 15) is 14.4 Å². The van der Waals surface area contributed by atoms with E-state index < -0.39 is 35.8 Å². The Morgan fingerprint density at radius 2 is 1.62 bits per heavy atom. The number of aliphatic carboxylic acids is 2. The van der Waals surface area contributed by atoms with Gasteiger partial charge in [-0.05, 0) is 6.42 Å². The zero-order valence-corrected chi connectivity index (χ0v) is 12.5. The van der Waals surface area contributed by atoms with Gasteiger partial charge in [-0.15, -0.1) is 0 Å². The summed E-state index contributed by atoms with van der Waals surface area (Å²) in [6.07, 6.45) is 5.78. The maximum absolute atomic E-state index is 11.5. The highest BCUT2D eigenvalue weighted by Gasteiger charge is 2.28. The van der Waals surface area contributed by atoms with Crippen LogP contribution in [0.15, 0.2) is 12.2 Å². The average Bonchev–Trinajstić information content (AvgIpc) is 2.42. The molecular formula is C15H24O6. The molecule has 6 nitrogen and oxygen atoms in total. The van der Waals surface area contributed by atoms with Gasteiger partial charge >= 0.3 is 17.9 Å². The van der Waals surface area contributed by atoms with Gasteiger partial charge in [-0.2, -0.15) is 0 Å². The molecule has 0 amide bonds. The third-order valence-electron chi connectivity index (χ3n) is 3.13. The fraction of sp³-hybridized carbons (Fsp3) is 0.667. The summed E-state index contributed by atoms with van der Waals surface area (Å²) in [6.45, 7) is 5.54. The van der Waals surface area contributed by atoms with Crippen molar-refractivity contribution < 1.29 is 29.3 Å². The minimum atomic E-state index is -1.44. The maximum atomic E-state index is 11.5. The maximum Gasteiger partial charge on any atom is 0.331 e. The Labute approximate surface area is 124 Å². The summed E-state index contributed by atoms with van der Waals surface area (Å²) >= 11 is 0. The van der Waals surface area contributed by atoms with Gasteiger partial charge in [0, 0.05) is 5.57 Å². The highest BCUT2D eigenvalue weighted by atomic mass is 16.5. The molecule has 120 valence electrons. The topological polar surface area (TPSA) is 101 Å². The van der Waals surface area contributed by atoms with Crippen LogP contribution >= 0.6 is 0 Å².